The zero-order valence-corrected chi connectivity index (χ0v) is 15.0. The number of amides is 2. The number of nitrogens with one attached hydrogen (secondary N) is 2. The minimum atomic E-state index is -0.215. The highest BCUT2D eigenvalue weighted by molar-refractivity contribution is 5.89. The molecule has 0 fully saturated rings. The van der Waals surface area contributed by atoms with E-state index in [0.29, 0.717) is 36.9 Å². The van der Waals surface area contributed by atoms with Gasteiger partial charge in [-0.1, -0.05) is 30.3 Å². The molecule has 0 aliphatic carbocycles. The average Bonchev–Trinajstić information content (AvgIpc) is 2.66. The van der Waals surface area contributed by atoms with Crippen molar-refractivity contribution in [1.82, 2.24) is 10.2 Å². The van der Waals surface area contributed by atoms with Gasteiger partial charge in [0.1, 0.15) is 13.2 Å². The molecule has 138 valence electrons. The van der Waals surface area contributed by atoms with E-state index in [1.807, 2.05) is 24.3 Å². The SMILES string of the molecule is CN(CCCNC(=O)Nc1ccc2c(c1)OCCO2)Cc1ccccc1. The molecule has 2 aromatic carbocycles. The second-order valence-electron chi connectivity index (χ2n) is 6.32. The second-order valence-corrected chi connectivity index (χ2v) is 6.32. The molecule has 2 amide bonds. The third-order valence-corrected chi connectivity index (χ3v) is 4.10. The van der Waals surface area contributed by atoms with Crippen LogP contribution in [0.3, 0.4) is 0 Å². The van der Waals surface area contributed by atoms with E-state index in [9.17, 15) is 4.79 Å². The van der Waals surface area contributed by atoms with Crippen LogP contribution in [0.2, 0.25) is 0 Å². The van der Waals surface area contributed by atoms with Crippen LogP contribution in [0.25, 0.3) is 0 Å². The molecule has 6 nitrogen and oxygen atoms in total. The van der Waals surface area contributed by atoms with Crippen molar-refractivity contribution in [3.63, 3.8) is 0 Å². The van der Waals surface area contributed by atoms with E-state index in [-0.39, 0.29) is 6.03 Å². The van der Waals surface area contributed by atoms with Crippen molar-refractivity contribution >= 4 is 11.7 Å². The molecule has 0 saturated heterocycles. The van der Waals surface area contributed by atoms with Gasteiger partial charge in [-0.3, -0.25) is 0 Å². The summed E-state index contributed by atoms with van der Waals surface area (Å²) in [4.78, 5) is 14.3. The van der Waals surface area contributed by atoms with Gasteiger partial charge >= 0.3 is 6.03 Å². The Bertz CT molecular complexity index is 721. The van der Waals surface area contributed by atoms with E-state index in [4.69, 9.17) is 9.47 Å². The van der Waals surface area contributed by atoms with Crippen molar-refractivity contribution in [2.45, 2.75) is 13.0 Å². The Balaban J connectivity index is 1.35. The molecule has 0 saturated carbocycles. The molecule has 1 aliphatic heterocycles. The van der Waals surface area contributed by atoms with Crippen LogP contribution in [0.5, 0.6) is 11.5 Å². The average molecular weight is 355 g/mol. The van der Waals surface area contributed by atoms with Crippen molar-refractivity contribution in [3.8, 4) is 11.5 Å². The van der Waals surface area contributed by atoms with Crippen LogP contribution in [-0.4, -0.2) is 44.3 Å². The predicted molar refractivity (Wildman–Crippen MR) is 102 cm³/mol. The Hall–Kier alpha value is -2.73. The number of ether oxygens (including phenoxy) is 2. The molecule has 0 aromatic heterocycles. The van der Waals surface area contributed by atoms with E-state index in [1.165, 1.54) is 5.56 Å². The largest absolute Gasteiger partial charge is 0.486 e. The molecule has 2 N–H and O–H groups in total. The third kappa shape index (κ3) is 5.39. The van der Waals surface area contributed by atoms with Gasteiger partial charge in [-0.05, 0) is 37.7 Å². The van der Waals surface area contributed by atoms with Gasteiger partial charge in [0.05, 0.1) is 0 Å². The summed E-state index contributed by atoms with van der Waals surface area (Å²) in [5.74, 6) is 1.38. The van der Waals surface area contributed by atoms with Crippen LogP contribution >= 0.6 is 0 Å². The smallest absolute Gasteiger partial charge is 0.319 e. The van der Waals surface area contributed by atoms with E-state index >= 15 is 0 Å². The molecule has 3 rings (SSSR count). The fourth-order valence-electron chi connectivity index (χ4n) is 2.82. The standard InChI is InChI=1S/C20H25N3O3/c1-23(15-16-6-3-2-4-7-16)11-5-10-21-20(24)22-17-8-9-18-19(14-17)26-13-12-25-18/h2-4,6-9,14H,5,10-13,15H2,1H3,(H2,21,22,24). The Morgan fingerprint density at radius 1 is 1.08 bits per heavy atom. The number of hydrogen-bond donors (Lipinski definition) is 2. The summed E-state index contributed by atoms with van der Waals surface area (Å²) >= 11 is 0. The number of nitrogens with zero attached hydrogens (tertiary/aromatic N) is 1. The molecule has 6 heteroatoms. The van der Waals surface area contributed by atoms with E-state index in [0.717, 1.165) is 19.5 Å². The third-order valence-electron chi connectivity index (χ3n) is 4.10. The summed E-state index contributed by atoms with van der Waals surface area (Å²) in [6, 6.07) is 15.5. The molecule has 0 atom stereocenters. The summed E-state index contributed by atoms with van der Waals surface area (Å²) in [6.07, 6.45) is 0.887. The summed E-state index contributed by atoms with van der Waals surface area (Å²) in [7, 11) is 2.09. The number of anilines is 1. The molecule has 1 aliphatic rings. The molecule has 2 aromatic rings. The van der Waals surface area contributed by atoms with Gasteiger partial charge in [0, 0.05) is 24.8 Å². The van der Waals surface area contributed by atoms with Crippen molar-refractivity contribution in [1.29, 1.82) is 0 Å². The first-order chi connectivity index (χ1) is 12.7. The zero-order valence-electron chi connectivity index (χ0n) is 15.0. The predicted octanol–water partition coefficient (Wildman–Crippen LogP) is 3.10. The maximum atomic E-state index is 12.0. The molecule has 0 spiro atoms. The fourth-order valence-corrected chi connectivity index (χ4v) is 2.82. The van der Waals surface area contributed by atoms with Crippen LogP contribution in [-0.2, 0) is 6.54 Å². The van der Waals surface area contributed by atoms with Crippen molar-refractivity contribution < 1.29 is 14.3 Å². The highest BCUT2D eigenvalue weighted by atomic mass is 16.6. The topological polar surface area (TPSA) is 62.8 Å². The molecule has 0 unspecified atom stereocenters. The number of rotatable bonds is 7. The minimum Gasteiger partial charge on any atom is -0.486 e. The highest BCUT2D eigenvalue weighted by Gasteiger charge is 2.12. The maximum absolute atomic E-state index is 12.0. The van der Waals surface area contributed by atoms with Gasteiger partial charge in [0.25, 0.3) is 0 Å². The van der Waals surface area contributed by atoms with Gasteiger partial charge in [-0.15, -0.1) is 0 Å². The first kappa shape index (κ1) is 18.1. The number of fused-ring (bicyclic) bond motifs is 1. The van der Waals surface area contributed by atoms with Crippen molar-refractivity contribution in [3.05, 3.63) is 54.1 Å². The maximum Gasteiger partial charge on any atom is 0.319 e. The van der Waals surface area contributed by atoms with Crippen LogP contribution in [0.15, 0.2) is 48.5 Å². The lowest BCUT2D eigenvalue weighted by molar-refractivity contribution is 0.171. The van der Waals surface area contributed by atoms with Gasteiger partial charge in [-0.25, -0.2) is 4.79 Å². The number of benzene rings is 2. The van der Waals surface area contributed by atoms with E-state index in [1.54, 1.807) is 12.1 Å². The van der Waals surface area contributed by atoms with Crippen molar-refractivity contribution in [2.24, 2.45) is 0 Å². The first-order valence-corrected chi connectivity index (χ1v) is 8.88. The summed E-state index contributed by atoms with van der Waals surface area (Å²) in [5, 5.41) is 5.70. The minimum absolute atomic E-state index is 0.215. The van der Waals surface area contributed by atoms with Crippen molar-refractivity contribution in [2.75, 3.05) is 38.7 Å². The molecule has 26 heavy (non-hydrogen) atoms. The van der Waals surface area contributed by atoms with Gasteiger partial charge in [-0.2, -0.15) is 0 Å². The molecule has 1 heterocycles. The van der Waals surface area contributed by atoms with Crippen LogP contribution in [0.4, 0.5) is 10.5 Å². The summed E-state index contributed by atoms with van der Waals surface area (Å²) in [5.41, 5.74) is 1.98. The van der Waals surface area contributed by atoms with Gasteiger partial charge in [0.2, 0.25) is 0 Å². The summed E-state index contributed by atoms with van der Waals surface area (Å²) in [6.45, 7) is 3.52. The lowest BCUT2D eigenvalue weighted by Gasteiger charge is -2.19. The highest BCUT2D eigenvalue weighted by Crippen LogP contribution is 2.32. The normalized spacial score (nSPS) is 12.7. The Labute approximate surface area is 154 Å². The number of carbonyl (C=O) groups is 1. The van der Waals surface area contributed by atoms with Gasteiger partial charge in [0.15, 0.2) is 11.5 Å². The summed E-state index contributed by atoms with van der Waals surface area (Å²) < 4.78 is 11.0. The van der Waals surface area contributed by atoms with Gasteiger partial charge < -0.3 is 25.0 Å². The number of hydrogen-bond acceptors (Lipinski definition) is 4. The van der Waals surface area contributed by atoms with Crippen LogP contribution in [0.1, 0.15) is 12.0 Å². The Kier molecular flexibility index (Phi) is 6.33. The van der Waals surface area contributed by atoms with E-state index < -0.39 is 0 Å². The monoisotopic (exact) mass is 355 g/mol. The Morgan fingerprint density at radius 3 is 2.65 bits per heavy atom. The first-order valence-electron chi connectivity index (χ1n) is 8.88. The molecule has 0 radical (unpaired) electrons. The van der Waals surface area contributed by atoms with E-state index in [2.05, 4.69) is 34.7 Å². The lowest BCUT2D eigenvalue weighted by Crippen LogP contribution is -2.31. The molecular weight excluding hydrogens is 330 g/mol. The quantitative estimate of drug-likeness (QED) is 0.749. The second kappa shape index (κ2) is 9.10. The van der Waals surface area contributed by atoms with Crippen LogP contribution < -0.4 is 20.1 Å². The lowest BCUT2D eigenvalue weighted by atomic mass is 10.2. The fraction of sp³-hybridized carbons (Fsp3) is 0.350. The molecule has 0 bridgehead atoms. The zero-order chi connectivity index (χ0) is 18.2. The van der Waals surface area contributed by atoms with Crippen LogP contribution in [0, 0.1) is 0 Å². The Morgan fingerprint density at radius 2 is 1.85 bits per heavy atom. The number of carbonyl (C=O) groups excluding carboxylic acids is 1. The molecular formula is C20H25N3O3. The number of urea groups is 1.